The molecule has 1 heterocycles. The first kappa shape index (κ1) is 29.1. The van der Waals surface area contributed by atoms with E-state index in [9.17, 15) is 22.8 Å². The first-order chi connectivity index (χ1) is 17.5. The molecule has 1 aromatic rings. The van der Waals surface area contributed by atoms with Gasteiger partial charge in [-0.05, 0) is 69.4 Å². The van der Waals surface area contributed by atoms with Crippen molar-refractivity contribution in [3.8, 4) is 0 Å². The smallest absolute Gasteiger partial charge is 0.306 e. The molecule has 0 unspecified atom stereocenters. The van der Waals surface area contributed by atoms with Gasteiger partial charge in [-0.2, -0.15) is 4.72 Å². The number of rotatable bonds is 10. The first-order valence-corrected chi connectivity index (χ1v) is 14.9. The summed E-state index contributed by atoms with van der Waals surface area (Å²) < 4.78 is 28.6. The number of nitrogens with zero attached hydrogens (tertiary/aromatic N) is 1. The molecule has 37 heavy (non-hydrogen) atoms. The van der Waals surface area contributed by atoms with Gasteiger partial charge in [-0.1, -0.05) is 38.0 Å². The van der Waals surface area contributed by atoms with Gasteiger partial charge in [0.1, 0.15) is 6.04 Å². The lowest BCUT2D eigenvalue weighted by molar-refractivity contribution is -0.143. The number of carboxylic acids is 1. The number of carbonyl (C=O) groups excluding carboxylic acids is 2. The van der Waals surface area contributed by atoms with Crippen molar-refractivity contribution in [1.29, 1.82) is 0 Å². The summed E-state index contributed by atoms with van der Waals surface area (Å²) in [5, 5.41) is 12.2. The molecule has 2 fully saturated rings. The van der Waals surface area contributed by atoms with Crippen LogP contribution >= 0.6 is 0 Å². The van der Waals surface area contributed by atoms with Crippen LogP contribution < -0.4 is 10.0 Å². The van der Waals surface area contributed by atoms with Gasteiger partial charge in [0.25, 0.3) is 0 Å². The average Bonchev–Trinajstić information content (AvgIpc) is 2.90. The van der Waals surface area contributed by atoms with Crippen LogP contribution in [0.3, 0.4) is 0 Å². The molecule has 2 amide bonds. The molecule has 1 saturated heterocycles. The zero-order valence-corrected chi connectivity index (χ0v) is 22.9. The Kier molecular flexibility index (Phi) is 10.1. The Balaban J connectivity index is 1.52. The number of aryl methyl sites for hydroxylation is 1. The van der Waals surface area contributed by atoms with E-state index < -0.39 is 22.0 Å². The molecule has 9 nitrogen and oxygen atoms in total. The maximum Gasteiger partial charge on any atom is 0.306 e. The number of aliphatic carboxylic acids is 1. The molecule has 1 aliphatic heterocycles. The quantitative estimate of drug-likeness (QED) is 0.422. The first-order valence-electron chi connectivity index (χ1n) is 13.4. The Hall–Kier alpha value is -2.46. The summed E-state index contributed by atoms with van der Waals surface area (Å²) in [6.07, 6.45) is 4.62. The van der Waals surface area contributed by atoms with Crippen molar-refractivity contribution >= 4 is 27.8 Å². The van der Waals surface area contributed by atoms with Crippen LogP contribution in [0.5, 0.6) is 0 Å². The second-order valence-corrected chi connectivity index (χ2v) is 12.4. The molecule has 10 heteroatoms. The third kappa shape index (κ3) is 7.77. The number of nitrogens with one attached hydrogen (secondary N) is 2. The van der Waals surface area contributed by atoms with E-state index in [1.54, 1.807) is 17.0 Å². The maximum absolute atomic E-state index is 13.4. The van der Waals surface area contributed by atoms with Gasteiger partial charge in [0.15, 0.2) is 0 Å². The highest BCUT2D eigenvalue weighted by Crippen LogP contribution is 2.29. The van der Waals surface area contributed by atoms with Gasteiger partial charge in [0.05, 0.1) is 10.8 Å². The van der Waals surface area contributed by atoms with Crippen LogP contribution in [-0.2, 0) is 24.4 Å². The van der Waals surface area contributed by atoms with Crippen LogP contribution in [0.2, 0.25) is 0 Å². The number of amides is 2. The molecule has 1 aliphatic carbocycles. The molecule has 0 aromatic heterocycles. The van der Waals surface area contributed by atoms with Crippen molar-refractivity contribution in [3.05, 3.63) is 29.8 Å². The van der Waals surface area contributed by atoms with Gasteiger partial charge in [-0.25, -0.2) is 8.42 Å². The number of likely N-dealkylation sites (tertiary alicyclic amines) is 1. The van der Waals surface area contributed by atoms with E-state index in [0.717, 1.165) is 18.4 Å². The molecule has 2 aliphatic rings. The van der Waals surface area contributed by atoms with E-state index in [-0.39, 0.29) is 34.5 Å². The predicted molar refractivity (Wildman–Crippen MR) is 140 cm³/mol. The average molecular weight is 536 g/mol. The van der Waals surface area contributed by atoms with Crippen molar-refractivity contribution in [3.63, 3.8) is 0 Å². The van der Waals surface area contributed by atoms with E-state index in [1.165, 1.54) is 12.1 Å². The van der Waals surface area contributed by atoms with Gasteiger partial charge in [0, 0.05) is 25.6 Å². The summed E-state index contributed by atoms with van der Waals surface area (Å²) in [5.41, 5.74) is 0.950. The highest BCUT2D eigenvalue weighted by Gasteiger charge is 2.35. The minimum atomic E-state index is -3.86. The summed E-state index contributed by atoms with van der Waals surface area (Å²) in [6, 6.07) is 5.66. The predicted octanol–water partition coefficient (Wildman–Crippen LogP) is 2.93. The molecule has 206 valence electrons. The fourth-order valence-electron chi connectivity index (χ4n) is 5.16. The molecule has 1 saturated carbocycles. The van der Waals surface area contributed by atoms with E-state index in [2.05, 4.69) is 10.0 Å². The summed E-state index contributed by atoms with van der Waals surface area (Å²) >= 11 is 0. The van der Waals surface area contributed by atoms with Crippen LogP contribution in [0.4, 0.5) is 0 Å². The van der Waals surface area contributed by atoms with Crippen molar-refractivity contribution in [2.75, 3.05) is 19.6 Å². The van der Waals surface area contributed by atoms with Gasteiger partial charge in [-0.15, -0.1) is 0 Å². The second-order valence-electron chi connectivity index (χ2n) is 10.7. The van der Waals surface area contributed by atoms with Crippen LogP contribution in [0.15, 0.2) is 29.2 Å². The lowest BCUT2D eigenvalue weighted by Gasteiger charge is -2.35. The minimum Gasteiger partial charge on any atom is -0.481 e. The lowest BCUT2D eigenvalue weighted by atomic mass is 9.82. The number of carbonyl (C=O) groups is 3. The maximum atomic E-state index is 13.4. The lowest BCUT2D eigenvalue weighted by Crippen LogP contribution is -2.54. The molecule has 1 aromatic carbocycles. The van der Waals surface area contributed by atoms with Crippen molar-refractivity contribution < 1.29 is 27.9 Å². The monoisotopic (exact) mass is 535 g/mol. The molecular formula is C27H41N3O6S. The van der Waals surface area contributed by atoms with Crippen LogP contribution in [0, 0.1) is 30.6 Å². The Morgan fingerprint density at radius 3 is 2.14 bits per heavy atom. The van der Waals surface area contributed by atoms with Gasteiger partial charge in [0.2, 0.25) is 21.8 Å². The highest BCUT2D eigenvalue weighted by atomic mass is 32.2. The number of hydrogen-bond acceptors (Lipinski definition) is 5. The Morgan fingerprint density at radius 1 is 1.00 bits per heavy atom. The van der Waals surface area contributed by atoms with Crippen molar-refractivity contribution in [2.24, 2.45) is 23.7 Å². The summed E-state index contributed by atoms with van der Waals surface area (Å²) in [6.45, 7) is 7.03. The minimum absolute atomic E-state index is 0.0222. The van der Waals surface area contributed by atoms with Crippen LogP contribution in [0.1, 0.15) is 64.4 Å². The molecule has 0 bridgehead atoms. The van der Waals surface area contributed by atoms with E-state index >= 15 is 0 Å². The SMILES string of the molecule is CC[C@@H](C)[C@H](NS(=O)(=O)c1ccc(C)cc1)C(=O)N1CCC(C(=O)NCC2CCC(C(=O)O)CC2)CC1. The van der Waals surface area contributed by atoms with Gasteiger partial charge in [-0.3, -0.25) is 14.4 Å². The normalized spacial score (nSPS) is 22.7. The third-order valence-corrected chi connectivity index (χ3v) is 9.49. The fraction of sp³-hybridized carbons (Fsp3) is 0.667. The summed E-state index contributed by atoms with van der Waals surface area (Å²) in [7, 11) is -3.86. The van der Waals surface area contributed by atoms with Crippen molar-refractivity contribution in [2.45, 2.75) is 76.7 Å². The topological polar surface area (TPSA) is 133 Å². The van der Waals surface area contributed by atoms with E-state index in [4.69, 9.17) is 5.11 Å². The summed E-state index contributed by atoms with van der Waals surface area (Å²) in [4.78, 5) is 39.1. The van der Waals surface area contributed by atoms with Crippen molar-refractivity contribution in [1.82, 2.24) is 14.9 Å². The number of benzene rings is 1. The Morgan fingerprint density at radius 2 is 1.59 bits per heavy atom. The molecule has 0 radical (unpaired) electrons. The fourth-order valence-corrected chi connectivity index (χ4v) is 6.46. The van der Waals surface area contributed by atoms with E-state index in [1.807, 2.05) is 20.8 Å². The number of carboxylic acid groups (broad SMARTS) is 1. The molecular weight excluding hydrogens is 494 g/mol. The Labute approximate surface area is 220 Å². The second kappa shape index (κ2) is 12.9. The number of piperidine rings is 1. The highest BCUT2D eigenvalue weighted by molar-refractivity contribution is 7.89. The van der Waals surface area contributed by atoms with Gasteiger partial charge < -0.3 is 15.3 Å². The molecule has 0 spiro atoms. The van der Waals surface area contributed by atoms with E-state index in [0.29, 0.717) is 57.7 Å². The van der Waals surface area contributed by atoms with Crippen LogP contribution in [-0.4, -0.2) is 61.9 Å². The largest absolute Gasteiger partial charge is 0.481 e. The Bertz CT molecular complexity index is 1040. The third-order valence-electron chi connectivity index (χ3n) is 8.03. The molecule has 3 rings (SSSR count). The standard InChI is InChI=1S/C27H41N3O6S/c1-4-19(3)24(29-37(35,36)23-11-5-18(2)6-12-23)26(32)30-15-13-21(14-16-30)25(31)28-17-20-7-9-22(10-8-20)27(33)34/h5-6,11-12,19-22,24,29H,4,7-10,13-17H2,1-3H3,(H,28,31)(H,33,34)/t19-,20?,22?,24+/m1/s1. The number of sulfonamides is 1. The molecule has 2 atom stereocenters. The van der Waals surface area contributed by atoms with Crippen LogP contribution in [0.25, 0.3) is 0 Å². The zero-order chi connectivity index (χ0) is 27.2. The molecule has 3 N–H and O–H groups in total. The summed E-state index contributed by atoms with van der Waals surface area (Å²) in [5.74, 6) is -1.35. The zero-order valence-electron chi connectivity index (χ0n) is 22.1. The number of hydrogen-bond donors (Lipinski definition) is 3. The van der Waals surface area contributed by atoms with Gasteiger partial charge >= 0.3 is 5.97 Å².